The number of carbonyl (C=O) groups excluding carboxylic acids is 1. The SMILES string of the molecule is CN(Cc1ccccc1F)C(=O)c1ccnc(F)c1F. The molecule has 2 aromatic rings. The zero-order chi connectivity index (χ0) is 14.7. The Kier molecular flexibility index (Phi) is 4.02. The van der Waals surface area contributed by atoms with Crippen LogP contribution in [0.4, 0.5) is 13.2 Å². The molecule has 1 aromatic heterocycles. The molecular weight excluding hydrogens is 269 g/mol. The molecule has 0 spiro atoms. The maximum absolute atomic E-state index is 13.5. The Morgan fingerprint density at radius 1 is 1.20 bits per heavy atom. The van der Waals surface area contributed by atoms with E-state index >= 15 is 0 Å². The first-order chi connectivity index (χ1) is 9.50. The fraction of sp³-hybridized carbons (Fsp3) is 0.143. The quantitative estimate of drug-likeness (QED) is 0.810. The first-order valence-corrected chi connectivity index (χ1v) is 5.79. The van der Waals surface area contributed by atoms with Crippen LogP contribution >= 0.6 is 0 Å². The van der Waals surface area contributed by atoms with Gasteiger partial charge in [0.2, 0.25) is 5.95 Å². The van der Waals surface area contributed by atoms with Crippen molar-refractivity contribution in [1.82, 2.24) is 9.88 Å². The number of aromatic nitrogens is 1. The molecule has 2 rings (SSSR count). The lowest BCUT2D eigenvalue weighted by molar-refractivity contribution is 0.0777. The molecule has 0 aliphatic carbocycles. The number of benzene rings is 1. The summed E-state index contributed by atoms with van der Waals surface area (Å²) in [6.45, 7) is -0.0467. The molecule has 0 N–H and O–H groups in total. The van der Waals surface area contributed by atoms with Crippen LogP contribution in [0.15, 0.2) is 36.5 Å². The van der Waals surface area contributed by atoms with E-state index in [9.17, 15) is 18.0 Å². The van der Waals surface area contributed by atoms with Crippen molar-refractivity contribution in [2.75, 3.05) is 7.05 Å². The molecule has 3 nitrogen and oxygen atoms in total. The van der Waals surface area contributed by atoms with Gasteiger partial charge in [-0.05, 0) is 12.1 Å². The van der Waals surface area contributed by atoms with Crippen molar-refractivity contribution >= 4 is 5.91 Å². The Labute approximate surface area is 113 Å². The average Bonchev–Trinajstić information content (AvgIpc) is 2.43. The van der Waals surface area contributed by atoms with Gasteiger partial charge in [-0.25, -0.2) is 13.8 Å². The van der Waals surface area contributed by atoms with E-state index in [1.54, 1.807) is 6.07 Å². The molecule has 0 radical (unpaired) electrons. The zero-order valence-corrected chi connectivity index (χ0v) is 10.6. The monoisotopic (exact) mass is 280 g/mol. The van der Waals surface area contributed by atoms with Crippen LogP contribution < -0.4 is 0 Å². The summed E-state index contributed by atoms with van der Waals surface area (Å²) in [5, 5.41) is 0. The molecule has 104 valence electrons. The predicted octanol–water partition coefficient (Wildman–Crippen LogP) is 2.77. The molecular formula is C14H11F3N2O. The average molecular weight is 280 g/mol. The molecule has 0 saturated carbocycles. The normalized spacial score (nSPS) is 10.4. The number of nitrogens with zero attached hydrogens (tertiary/aromatic N) is 2. The molecule has 0 saturated heterocycles. The summed E-state index contributed by atoms with van der Waals surface area (Å²) in [7, 11) is 1.38. The summed E-state index contributed by atoms with van der Waals surface area (Å²) in [5.74, 6) is -3.85. The van der Waals surface area contributed by atoms with Crippen molar-refractivity contribution < 1.29 is 18.0 Å². The van der Waals surface area contributed by atoms with Gasteiger partial charge in [0, 0.05) is 25.4 Å². The second-order valence-electron chi connectivity index (χ2n) is 4.22. The Hall–Kier alpha value is -2.37. The third kappa shape index (κ3) is 2.79. The minimum absolute atomic E-state index is 0.0467. The van der Waals surface area contributed by atoms with Crippen LogP contribution in [0, 0.1) is 17.6 Å². The minimum Gasteiger partial charge on any atom is -0.337 e. The van der Waals surface area contributed by atoms with Crippen LogP contribution in [0.3, 0.4) is 0 Å². The lowest BCUT2D eigenvalue weighted by Gasteiger charge is -2.18. The van der Waals surface area contributed by atoms with Crippen molar-refractivity contribution in [2.45, 2.75) is 6.54 Å². The molecule has 6 heteroatoms. The number of carbonyl (C=O) groups is 1. The molecule has 0 aliphatic heterocycles. The van der Waals surface area contributed by atoms with Gasteiger partial charge in [0.05, 0.1) is 5.56 Å². The maximum Gasteiger partial charge on any atom is 0.257 e. The number of hydrogen-bond donors (Lipinski definition) is 0. The van der Waals surface area contributed by atoms with Gasteiger partial charge >= 0.3 is 0 Å². The molecule has 20 heavy (non-hydrogen) atoms. The van der Waals surface area contributed by atoms with Crippen molar-refractivity contribution in [3.63, 3.8) is 0 Å². The van der Waals surface area contributed by atoms with E-state index in [0.717, 1.165) is 17.2 Å². The third-order valence-electron chi connectivity index (χ3n) is 2.79. The van der Waals surface area contributed by atoms with E-state index in [1.165, 1.54) is 25.2 Å². The second kappa shape index (κ2) is 5.73. The summed E-state index contributed by atoms with van der Waals surface area (Å²) in [4.78, 5) is 16.2. The topological polar surface area (TPSA) is 33.2 Å². The van der Waals surface area contributed by atoms with Crippen LogP contribution in [0.1, 0.15) is 15.9 Å². The molecule has 1 amide bonds. The highest BCUT2D eigenvalue weighted by Gasteiger charge is 2.20. The van der Waals surface area contributed by atoms with Gasteiger partial charge in [-0.2, -0.15) is 4.39 Å². The first kappa shape index (κ1) is 14.0. The Morgan fingerprint density at radius 3 is 2.60 bits per heavy atom. The summed E-state index contributed by atoms with van der Waals surface area (Å²) in [6, 6.07) is 7.02. The second-order valence-corrected chi connectivity index (χ2v) is 4.22. The van der Waals surface area contributed by atoms with Crippen molar-refractivity contribution in [3.05, 3.63) is 65.2 Å². The van der Waals surface area contributed by atoms with Crippen LogP contribution in [-0.2, 0) is 6.54 Å². The van der Waals surface area contributed by atoms with Crippen molar-refractivity contribution in [3.8, 4) is 0 Å². The Bertz CT molecular complexity index is 646. The predicted molar refractivity (Wildman–Crippen MR) is 66.4 cm³/mol. The zero-order valence-electron chi connectivity index (χ0n) is 10.6. The first-order valence-electron chi connectivity index (χ1n) is 5.79. The highest BCUT2D eigenvalue weighted by molar-refractivity contribution is 5.94. The fourth-order valence-electron chi connectivity index (χ4n) is 1.74. The van der Waals surface area contributed by atoms with Crippen LogP contribution in [0.2, 0.25) is 0 Å². The van der Waals surface area contributed by atoms with E-state index in [-0.39, 0.29) is 6.54 Å². The summed E-state index contributed by atoms with van der Waals surface area (Å²) >= 11 is 0. The number of pyridine rings is 1. The lowest BCUT2D eigenvalue weighted by Crippen LogP contribution is -2.27. The standard InChI is InChI=1S/C14H11F3N2O/c1-19(8-9-4-2-3-5-11(9)15)14(20)10-6-7-18-13(17)12(10)16/h2-7H,8H2,1H3. The largest absolute Gasteiger partial charge is 0.337 e. The van der Waals surface area contributed by atoms with E-state index < -0.39 is 29.1 Å². The van der Waals surface area contributed by atoms with Gasteiger partial charge in [-0.1, -0.05) is 18.2 Å². The van der Waals surface area contributed by atoms with Gasteiger partial charge in [-0.3, -0.25) is 4.79 Å². The van der Waals surface area contributed by atoms with Gasteiger partial charge in [-0.15, -0.1) is 0 Å². The van der Waals surface area contributed by atoms with Gasteiger partial charge < -0.3 is 4.90 Å². The molecule has 0 unspecified atom stereocenters. The van der Waals surface area contributed by atoms with E-state index in [4.69, 9.17) is 0 Å². The smallest absolute Gasteiger partial charge is 0.257 e. The summed E-state index contributed by atoms with van der Waals surface area (Å²) < 4.78 is 39.9. The minimum atomic E-state index is -1.34. The molecule has 0 aliphatic rings. The van der Waals surface area contributed by atoms with Crippen molar-refractivity contribution in [1.29, 1.82) is 0 Å². The van der Waals surface area contributed by atoms with Crippen LogP contribution in [0.25, 0.3) is 0 Å². The van der Waals surface area contributed by atoms with Crippen LogP contribution in [-0.4, -0.2) is 22.8 Å². The molecule has 0 bridgehead atoms. The van der Waals surface area contributed by atoms with E-state index in [0.29, 0.717) is 5.56 Å². The Morgan fingerprint density at radius 2 is 1.90 bits per heavy atom. The summed E-state index contributed by atoms with van der Waals surface area (Å²) in [5.41, 5.74) is -0.144. The number of hydrogen-bond acceptors (Lipinski definition) is 2. The molecule has 1 aromatic carbocycles. The molecule has 0 atom stereocenters. The molecule has 1 heterocycles. The van der Waals surface area contributed by atoms with E-state index in [1.807, 2.05) is 0 Å². The van der Waals surface area contributed by atoms with E-state index in [2.05, 4.69) is 4.98 Å². The van der Waals surface area contributed by atoms with Crippen molar-refractivity contribution in [2.24, 2.45) is 0 Å². The fourth-order valence-corrected chi connectivity index (χ4v) is 1.74. The number of rotatable bonds is 3. The van der Waals surface area contributed by atoms with Gasteiger partial charge in [0.25, 0.3) is 5.91 Å². The van der Waals surface area contributed by atoms with Gasteiger partial charge in [0.15, 0.2) is 5.82 Å². The molecule has 0 fully saturated rings. The third-order valence-corrected chi connectivity index (χ3v) is 2.79. The number of amides is 1. The maximum atomic E-state index is 13.5. The Balaban J connectivity index is 2.21. The number of halogens is 3. The highest BCUT2D eigenvalue weighted by Crippen LogP contribution is 2.14. The van der Waals surface area contributed by atoms with Crippen LogP contribution in [0.5, 0.6) is 0 Å². The highest BCUT2D eigenvalue weighted by atomic mass is 19.2. The lowest BCUT2D eigenvalue weighted by atomic mass is 10.1. The summed E-state index contributed by atoms with van der Waals surface area (Å²) in [6.07, 6.45) is 1.00. The van der Waals surface area contributed by atoms with Gasteiger partial charge in [0.1, 0.15) is 5.82 Å².